The summed E-state index contributed by atoms with van der Waals surface area (Å²) in [6.45, 7) is 8.68. The standard InChI is InChI=1S/C27H44O5/c1-16(6-11-24(30)31-5)21-9-10-22-20-8-7-18-14-19(32-17(2)28)12-13-26(18,3)25(20)23(29)15-27(21,22)4/h16,18-23,25,29H,6-15H2,1-5H3/t16-,18+,19+,20-,21-,22+,23-,25-,26-,27-/m0/s1. The van der Waals surface area contributed by atoms with Crippen LogP contribution >= 0.6 is 0 Å². The summed E-state index contributed by atoms with van der Waals surface area (Å²) in [5.74, 6) is 2.92. The van der Waals surface area contributed by atoms with E-state index in [0.29, 0.717) is 41.9 Å². The second-order valence-corrected chi connectivity index (χ2v) is 12.1. The summed E-state index contributed by atoms with van der Waals surface area (Å²) in [7, 11) is 1.47. The smallest absolute Gasteiger partial charge is 0.305 e. The van der Waals surface area contributed by atoms with Crippen molar-refractivity contribution < 1.29 is 24.2 Å². The number of esters is 2. The first-order valence-corrected chi connectivity index (χ1v) is 13.0. The summed E-state index contributed by atoms with van der Waals surface area (Å²) in [6, 6.07) is 0. The number of hydrogen-bond donors (Lipinski definition) is 1. The fraction of sp³-hybridized carbons (Fsp3) is 0.926. The average molecular weight is 449 g/mol. The van der Waals surface area contributed by atoms with E-state index in [1.807, 2.05) is 0 Å². The topological polar surface area (TPSA) is 72.8 Å². The van der Waals surface area contributed by atoms with Crippen LogP contribution in [0.1, 0.15) is 91.9 Å². The Hall–Kier alpha value is -1.10. The zero-order valence-corrected chi connectivity index (χ0v) is 20.8. The van der Waals surface area contributed by atoms with E-state index in [-0.39, 0.29) is 35.0 Å². The molecule has 32 heavy (non-hydrogen) atoms. The molecule has 0 radical (unpaired) electrons. The minimum atomic E-state index is -0.257. The Kier molecular flexibility index (Phi) is 6.70. The third-order valence-corrected chi connectivity index (χ3v) is 10.7. The number of methoxy groups -OCH3 is 1. The molecule has 0 saturated heterocycles. The molecule has 0 unspecified atom stereocenters. The maximum absolute atomic E-state index is 11.7. The Labute approximate surface area is 194 Å². The molecule has 10 atom stereocenters. The van der Waals surface area contributed by atoms with E-state index >= 15 is 0 Å². The molecule has 182 valence electrons. The van der Waals surface area contributed by atoms with Crippen molar-refractivity contribution in [2.75, 3.05) is 7.11 Å². The molecule has 4 aliphatic carbocycles. The summed E-state index contributed by atoms with van der Waals surface area (Å²) in [5.41, 5.74) is 0.309. The molecule has 0 heterocycles. The molecule has 4 aliphatic rings. The van der Waals surface area contributed by atoms with Gasteiger partial charge in [-0.3, -0.25) is 9.59 Å². The van der Waals surface area contributed by atoms with Gasteiger partial charge < -0.3 is 14.6 Å². The number of rotatable bonds is 5. The number of ether oxygens (including phenoxy) is 2. The molecule has 5 nitrogen and oxygen atoms in total. The molecule has 4 rings (SSSR count). The Morgan fingerprint density at radius 2 is 1.84 bits per heavy atom. The van der Waals surface area contributed by atoms with Crippen molar-refractivity contribution in [1.29, 1.82) is 0 Å². The highest BCUT2D eigenvalue weighted by atomic mass is 16.5. The Bertz CT molecular complexity index is 721. The van der Waals surface area contributed by atoms with Crippen molar-refractivity contribution in [3.8, 4) is 0 Å². The normalized spacial score (nSPS) is 46.4. The van der Waals surface area contributed by atoms with Gasteiger partial charge in [-0.15, -0.1) is 0 Å². The number of carbonyl (C=O) groups is 2. The maximum Gasteiger partial charge on any atom is 0.305 e. The van der Waals surface area contributed by atoms with Crippen LogP contribution in [-0.4, -0.2) is 36.4 Å². The van der Waals surface area contributed by atoms with Gasteiger partial charge in [-0.05, 0) is 104 Å². The first-order valence-electron chi connectivity index (χ1n) is 13.0. The molecule has 5 heteroatoms. The fourth-order valence-electron chi connectivity index (χ4n) is 9.31. The molecule has 4 fully saturated rings. The van der Waals surface area contributed by atoms with Crippen LogP contribution in [0.2, 0.25) is 0 Å². The van der Waals surface area contributed by atoms with Gasteiger partial charge in [-0.25, -0.2) is 0 Å². The van der Waals surface area contributed by atoms with Gasteiger partial charge in [-0.2, -0.15) is 0 Å². The molecule has 0 amide bonds. The molecule has 4 saturated carbocycles. The first kappa shape index (κ1) is 24.0. The number of fused-ring (bicyclic) bond motifs is 5. The van der Waals surface area contributed by atoms with Gasteiger partial charge in [0, 0.05) is 13.3 Å². The van der Waals surface area contributed by atoms with Gasteiger partial charge in [0.25, 0.3) is 0 Å². The lowest BCUT2D eigenvalue weighted by Gasteiger charge is -2.62. The third-order valence-electron chi connectivity index (χ3n) is 10.7. The summed E-state index contributed by atoms with van der Waals surface area (Å²) in [5, 5.41) is 11.6. The van der Waals surface area contributed by atoms with E-state index in [2.05, 4.69) is 20.8 Å². The molecule has 1 N–H and O–H groups in total. The highest BCUT2D eigenvalue weighted by Crippen LogP contribution is 2.68. The lowest BCUT2D eigenvalue weighted by molar-refractivity contribution is -0.186. The maximum atomic E-state index is 11.7. The minimum Gasteiger partial charge on any atom is -0.469 e. The Balaban J connectivity index is 1.50. The lowest BCUT2D eigenvalue weighted by atomic mass is 9.43. The summed E-state index contributed by atoms with van der Waals surface area (Å²) >= 11 is 0. The first-order chi connectivity index (χ1) is 15.1. The minimum absolute atomic E-state index is 0.0552. The summed E-state index contributed by atoms with van der Waals surface area (Å²) in [4.78, 5) is 23.2. The second-order valence-electron chi connectivity index (χ2n) is 12.1. The molecule has 0 spiro atoms. The van der Waals surface area contributed by atoms with Crippen LogP contribution in [0.4, 0.5) is 0 Å². The second kappa shape index (κ2) is 8.92. The van der Waals surface area contributed by atoms with Gasteiger partial charge >= 0.3 is 11.9 Å². The predicted octanol–water partition coefficient (Wildman–Crippen LogP) is 5.14. The van der Waals surface area contributed by atoms with Crippen molar-refractivity contribution in [3.05, 3.63) is 0 Å². The molecule has 0 aliphatic heterocycles. The van der Waals surface area contributed by atoms with E-state index < -0.39 is 0 Å². The van der Waals surface area contributed by atoms with Gasteiger partial charge in [-0.1, -0.05) is 20.8 Å². The fourth-order valence-corrected chi connectivity index (χ4v) is 9.31. The van der Waals surface area contributed by atoms with E-state index in [4.69, 9.17) is 9.47 Å². The monoisotopic (exact) mass is 448 g/mol. The van der Waals surface area contributed by atoms with Gasteiger partial charge in [0.15, 0.2) is 0 Å². The predicted molar refractivity (Wildman–Crippen MR) is 123 cm³/mol. The number of aliphatic hydroxyl groups excluding tert-OH is 1. The van der Waals surface area contributed by atoms with Crippen LogP contribution in [0.5, 0.6) is 0 Å². The highest BCUT2D eigenvalue weighted by molar-refractivity contribution is 5.69. The van der Waals surface area contributed by atoms with E-state index in [0.717, 1.165) is 32.1 Å². The van der Waals surface area contributed by atoms with Crippen molar-refractivity contribution in [2.24, 2.45) is 46.3 Å². The Morgan fingerprint density at radius 3 is 2.53 bits per heavy atom. The van der Waals surface area contributed by atoms with Gasteiger partial charge in [0.05, 0.1) is 13.2 Å². The molecular formula is C27H44O5. The molecule has 0 aromatic heterocycles. The largest absolute Gasteiger partial charge is 0.469 e. The van der Waals surface area contributed by atoms with Gasteiger partial charge in [0.1, 0.15) is 6.10 Å². The van der Waals surface area contributed by atoms with Gasteiger partial charge in [0.2, 0.25) is 0 Å². The quantitative estimate of drug-likeness (QED) is 0.590. The van der Waals surface area contributed by atoms with Crippen LogP contribution in [-0.2, 0) is 19.1 Å². The van der Waals surface area contributed by atoms with E-state index in [1.165, 1.54) is 39.7 Å². The molecule has 0 aromatic carbocycles. The lowest BCUT2D eigenvalue weighted by Crippen LogP contribution is -2.59. The van der Waals surface area contributed by atoms with Crippen LogP contribution in [0.25, 0.3) is 0 Å². The van der Waals surface area contributed by atoms with Crippen LogP contribution in [0, 0.1) is 46.3 Å². The van der Waals surface area contributed by atoms with Crippen LogP contribution < -0.4 is 0 Å². The third kappa shape index (κ3) is 4.01. The summed E-state index contributed by atoms with van der Waals surface area (Å²) < 4.78 is 10.5. The number of hydrogen-bond acceptors (Lipinski definition) is 5. The number of carbonyl (C=O) groups excluding carboxylic acids is 2. The van der Waals surface area contributed by atoms with Crippen molar-refractivity contribution >= 4 is 11.9 Å². The zero-order valence-electron chi connectivity index (χ0n) is 20.8. The highest BCUT2D eigenvalue weighted by Gasteiger charge is 2.63. The number of aliphatic hydroxyl groups is 1. The zero-order chi connectivity index (χ0) is 23.3. The molecule has 0 bridgehead atoms. The van der Waals surface area contributed by atoms with Crippen molar-refractivity contribution in [2.45, 2.75) is 104 Å². The Morgan fingerprint density at radius 1 is 1.09 bits per heavy atom. The van der Waals surface area contributed by atoms with Crippen molar-refractivity contribution in [1.82, 2.24) is 0 Å². The molecule has 0 aromatic rings. The summed E-state index contributed by atoms with van der Waals surface area (Å²) in [6.07, 6.45) is 9.86. The molecular weight excluding hydrogens is 404 g/mol. The SMILES string of the molecule is COC(=O)CC[C@H](C)[C@@H]1CC[C@@H]2[C@@H]3CC[C@@H]4C[C@H](OC(C)=O)CC[C@]4(C)[C@@H]3[C@@H](O)C[C@]21C. The van der Waals surface area contributed by atoms with E-state index in [9.17, 15) is 14.7 Å². The average Bonchev–Trinajstić information content (AvgIpc) is 3.07. The van der Waals surface area contributed by atoms with Crippen LogP contribution in [0.15, 0.2) is 0 Å². The van der Waals surface area contributed by atoms with Crippen molar-refractivity contribution in [3.63, 3.8) is 0 Å². The van der Waals surface area contributed by atoms with E-state index in [1.54, 1.807) is 0 Å². The van der Waals surface area contributed by atoms with Crippen LogP contribution in [0.3, 0.4) is 0 Å².